The monoisotopic (exact) mass is 496 g/mol. The van der Waals surface area contributed by atoms with Crippen LogP contribution < -0.4 is 15.8 Å². The Balaban J connectivity index is 0.00000342. The number of halogens is 1. The topological polar surface area (TPSA) is 82.2 Å². The molecule has 3 aromatic rings. The number of amides is 1. The largest absolute Gasteiger partial charge is 0.497 e. The van der Waals surface area contributed by atoms with Crippen LogP contribution >= 0.6 is 12.4 Å². The molecule has 1 heterocycles. The average molecular weight is 497 g/mol. The van der Waals surface area contributed by atoms with Crippen LogP contribution in [0.25, 0.3) is 11.1 Å². The fourth-order valence-corrected chi connectivity index (χ4v) is 4.98. The second-order valence-electron chi connectivity index (χ2n) is 9.66. The molecule has 0 saturated heterocycles. The maximum atomic E-state index is 12.7. The molecule has 1 atom stereocenters. The van der Waals surface area contributed by atoms with E-state index in [1.54, 1.807) is 7.11 Å². The Morgan fingerprint density at radius 3 is 2.31 bits per heavy atom. The van der Waals surface area contributed by atoms with Gasteiger partial charge in [-0.1, -0.05) is 44.0 Å². The van der Waals surface area contributed by atoms with Gasteiger partial charge >= 0.3 is 0 Å². The number of nitrogens with two attached hydrogens (primary N) is 1. The minimum absolute atomic E-state index is 0. The van der Waals surface area contributed by atoms with E-state index >= 15 is 0 Å². The third kappa shape index (κ3) is 6.24. The number of benzene rings is 2. The highest BCUT2D eigenvalue weighted by Gasteiger charge is 2.28. The third-order valence-electron chi connectivity index (χ3n) is 7.19. The first-order valence-corrected chi connectivity index (χ1v) is 12.2. The molecule has 35 heavy (non-hydrogen) atoms. The van der Waals surface area contributed by atoms with Crippen LogP contribution in [0.3, 0.4) is 0 Å². The Bertz CT molecular complexity index is 1120. The van der Waals surface area contributed by atoms with Crippen molar-refractivity contribution in [2.45, 2.75) is 59.0 Å². The van der Waals surface area contributed by atoms with Crippen molar-refractivity contribution in [1.82, 2.24) is 9.78 Å². The Labute approximate surface area is 214 Å². The van der Waals surface area contributed by atoms with Gasteiger partial charge in [-0.3, -0.25) is 9.48 Å². The summed E-state index contributed by atoms with van der Waals surface area (Å²) in [6, 6.07) is 15.6. The molecule has 4 rings (SSSR count). The summed E-state index contributed by atoms with van der Waals surface area (Å²) in [5.41, 5.74) is 12.5. The first kappa shape index (κ1) is 26.8. The van der Waals surface area contributed by atoms with Crippen molar-refractivity contribution in [2.24, 2.45) is 17.6 Å². The van der Waals surface area contributed by atoms with Gasteiger partial charge in [-0.05, 0) is 73.9 Å². The maximum Gasteiger partial charge on any atom is 0.241 e. The van der Waals surface area contributed by atoms with Crippen LogP contribution in [0.15, 0.2) is 48.5 Å². The molecule has 2 aromatic carbocycles. The molecule has 1 saturated carbocycles. The summed E-state index contributed by atoms with van der Waals surface area (Å²) in [5, 5.41) is 7.78. The summed E-state index contributed by atoms with van der Waals surface area (Å²) in [7, 11) is 1.67. The van der Waals surface area contributed by atoms with Crippen molar-refractivity contribution in [3.8, 4) is 16.9 Å². The zero-order valence-electron chi connectivity index (χ0n) is 21.1. The fraction of sp³-hybridized carbons (Fsp3) is 0.429. The lowest BCUT2D eigenvalue weighted by Crippen LogP contribution is -2.43. The van der Waals surface area contributed by atoms with Gasteiger partial charge in [0.25, 0.3) is 0 Å². The highest BCUT2D eigenvalue weighted by molar-refractivity contribution is 5.95. The molecule has 0 aliphatic heterocycles. The van der Waals surface area contributed by atoms with Gasteiger partial charge in [0, 0.05) is 16.9 Å². The normalized spacial score (nSPS) is 18.4. The van der Waals surface area contributed by atoms with Gasteiger partial charge in [-0.15, -0.1) is 12.4 Å². The number of carbonyl (C=O) groups is 1. The first-order chi connectivity index (χ1) is 16.4. The minimum atomic E-state index is -0.451. The Kier molecular flexibility index (Phi) is 8.98. The van der Waals surface area contributed by atoms with E-state index in [1.807, 2.05) is 48.0 Å². The smallest absolute Gasteiger partial charge is 0.241 e. The lowest BCUT2D eigenvalue weighted by Gasteiger charge is -2.29. The van der Waals surface area contributed by atoms with E-state index in [4.69, 9.17) is 15.6 Å². The molecule has 1 amide bonds. The summed E-state index contributed by atoms with van der Waals surface area (Å²) in [4.78, 5) is 12.7. The number of carbonyl (C=O) groups excluding carboxylic acids is 1. The Morgan fingerprint density at radius 1 is 1.09 bits per heavy atom. The van der Waals surface area contributed by atoms with Crippen molar-refractivity contribution < 1.29 is 9.53 Å². The van der Waals surface area contributed by atoms with Crippen LogP contribution in [-0.2, 0) is 11.3 Å². The lowest BCUT2D eigenvalue weighted by atomic mass is 9.79. The number of nitrogens with zero attached hydrogens (tertiary/aromatic N) is 2. The van der Waals surface area contributed by atoms with E-state index in [0.717, 1.165) is 65.6 Å². The van der Waals surface area contributed by atoms with Crippen LogP contribution in [0.4, 0.5) is 5.69 Å². The van der Waals surface area contributed by atoms with E-state index < -0.39 is 6.04 Å². The van der Waals surface area contributed by atoms with E-state index in [0.29, 0.717) is 6.54 Å². The summed E-state index contributed by atoms with van der Waals surface area (Å²) in [5.74, 6) is 1.77. The quantitative estimate of drug-likeness (QED) is 0.437. The zero-order chi connectivity index (χ0) is 24.2. The highest BCUT2D eigenvalue weighted by atomic mass is 35.5. The molecule has 0 bridgehead atoms. The second kappa shape index (κ2) is 11.7. The molecule has 1 aliphatic carbocycles. The van der Waals surface area contributed by atoms with E-state index in [2.05, 4.69) is 31.3 Å². The summed E-state index contributed by atoms with van der Waals surface area (Å²) in [6.45, 7) is 7.10. The van der Waals surface area contributed by atoms with Gasteiger partial charge in [-0.2, -0.15) is 5.10 Å². The van der Waals surface area contributed by atoms with Crippen LogP contribution in [0.5, 0.6) is 5.75 Å². The average Bonchev–Trinajstić information content (AvgIpc) is 3.12. The number of aromatic nitrogens is 2. The van der Waals surface area contributed by atoms with Gasteiger partial charge in [0.05, 0.1) is 25.4 Å². The molecule has 0 radical (unpaired) electrons. The fourth-order valence-electron chi connectivity index (χ4n) is 4.98. The third-order valence-corrected chi connectivity index (χ3v) is 7.19. The van der Waals surface area contributed by atoms with Gasteiger partial charge in [-0.25, -0.2) is 0 Å². The standard InChI is InChI=1S/C28H36N4O2.ClH/c1-18-5-9-23(10-6-18)27(29)28(33)30-24-13-11-22(12-14-24)26-19(2)31-32(20(26)3)17-21-7-15-25(34-4)16-8-21;/h7-8,11-16,18,23,27H,5-6,9-10,17,29H2,1-4H3,(H,30,33);1H/t18?,23?,27-;/m0./s1. The highest BCUT2D eigenvalue weighted by Crippen LogP contribution is 2.31. The number of anilines is 1. The number of ether oxygens (including phenoxy) is 1. The van der Waals surface area contributed by atoms with Crippen LogP contribution in [0, 0.1) is 25.7 Å². The first-order valence-electron chi connectivity index (χ1n) is 12.2. The van der Waals surface area contributed by atoms with Gasteiger partial charge in [0.1, 0.15) is 5.75 Å². The number of rotatable bonds is 7. The molecule has 7 heteroatoms. The molecule has 188 valence electrons. The summed E-state index contributed by atoms with van der Waals surface area (Å²) < 4.78 is 7.28. The van der Waals surface area contributed by atoms with Crippen molar-refractivity contribution in [3.63, 3.8) is 0 Å². The second-order valence-corrected chi connectivity index (χ2v) is 9.66. The predicted molar refractivity (Wildman–Crippen MR) is 144 cm³/mol. The molecule has 1 fully saturated rings. The van der Waals surface area contributed by atoms with E-state index in [-0.39, 0.29) is 24.2 Å². The predicted octanol–water partition coefficient (Wildman–Crippen LogP) is 5.74. The summed E-state index contributed by atoms with van der Waals surface area (Å²) >= 11 is 0. The number of methoxy groups -OCH3 is 1. The molecule has 0 unspecified atom stereocenters. The van der Waals surface area contributed by atoms with Crippen LogP contribution in [0.2, 0.25) is 0 Å². The Morgan fingerprint density at radius 2 is 1.71 bits per heavy atom. The molecular weight excluding hydrogens is 460 g/mol. The molecule has 6 nitrogen and oxygen atoms in total. The molecule has 1 aliphatic rings. The SMILES string of the molecule is COc1ccc(Cn2nc(C)c(-c3ccc(NC(=O)[C@@H](N)C4CCC(C)CC4)cc3)c2C)cc1.Cl. The number of nitrogens with one attached hydrogen (secondary N) is 1. The molecular formula is C28H37ClN4O2. The Hall–Kier alpha value is -2.83. The zero-order valence-corrected chi connectivity index (χ0v) is 21.9. The number of hydrogen-bond acceptors (Lipinski definition) is 4. The van der Waals surface area contributed by atoms with Crippen LogP contribution in [-0.4, -0.2) is 28.8 Å². The van der Waals surface area contributed by atoms with Crippen molar-refractivity contribution in [2.75, 3.05) is 12.4 Å². The van der Waals surface area contributed by atoms with Crippen molar-refractivity contribution in [1.29, 1.82) is 0 Å². The van der Waals surface area contributed by atoms with Gasteiger partial charge in [0.2, 0.25) is 5.91 Å². The molecule has 1 aromatic heterocycles. The van der Waals surface area contributed by atoms with Crippen molar-refractivity contribution in [3.05, 3.63) is 65.5 Å². The molecule has 0 spiro atoms. The van der Waals surface area contributed by atoms with Crippen molar-refractivity contribution >= 4 is 24.0 Å². The maximum absolute atomic E-state index is 12.7. The summed E-state index contributed by atoms with van der Waals surface area (Å²) in [6.07, 6.45) is 4.39. The minimum Gasteiger partial charge on any atom is -0.497 e. The number of aryl methyl sites for hydroxylation is 1. The van der Waals surface area contributed by atoms with Gasteiger partial charge < -0.3 is 15.8 Å². The van der Waals surface area contributed by atoms with E-state index in [9.17, 15) is 4.79 Å². The lowest BCUT2D eigenvalue weighted by molar-refractivity contribution is -0.118. The van der Waals surface area contributed by atoms with Gasteiger partial charge in [0.15, 0.2) is 0 Å². The number of hydrogen-bond donors (Lipinski definition) is 2. The van der Waals surface area contributed by atoms with Crippen LogP contribution in [0.1, 0.15) is 49.6 Å². The molecule has 3 N–H and O–H groups in total. The van der Waals surface area contributed by atoms with E-state index in [1.165, 1.54) is 5.56 Å².